The van der Waals surface area contributed by atoms with Crippen molar-refractivity contribution in [2.75, 3.05) is 32.8 Å². The zero-order valence-electron chi connectivity index (χ0n) is 27.9. The minimum Gasteiger partial charge on any atom is -0.464 e. The largest absolute Gasteiger partial charge is 0.464 e. The first-order valence-corrected chi connectivity index (χ1v) is 18.0. The van der Waals surface area contributed by atoms with Gasteiger partial charge in [-0.15, -0.1) is 0 Å². The monoisotopic (exact) mass is 714 g/mol. The van der Waals surface area contributed by atoms with E-state index in [1.807, 2.05) is 12.1 Å². The lowest BCUT2D eigenvalue weighted by molar-refractivity contribution is -0.144. The van der Waals surface area contributed by atoms with Gasteiger partial charge in [0.25, 0.3) is 0 Å². The molecular weight excluding hydrogens is 672 g/mol. The molecule has 3 amide bonds. The average Bonchev–Trinajstić information content (AvgIpc) is 3.06. The van der Waals surface area contributed by atoms with Crippen LogP contribution in [0.25, 0.3) is 10.8 Å². The van der Waals surface area contributed by atoms with Gasteiger partial charge in [-0.1, -0.05) is 54.1 Å². The Balaban J connectivity index is 1.37. The van der Waals surface area contributed by atoms with Gasteiger partial charge in [0, 0.05) is 31.1 Å². The fourth-order valence-electron chi connectivity index (χ4n) is 5.28. The van der Waals surface area contributed by atoms with E-state index in [4.69, 9.17) is 21.1 Å². The third-order valence-electron chi connectivity index (χ3n) is 7.77. The third kappa shape index (κ3) is 12.0. The van der Waals surface area contributed by atoms with E-state index in [-0.39, 0.29) is 24.0 Å². The van der Waals surface area contributed by atoms with Gasteiger partial charge in [0.2, 0.25) is 21.8 Å². The SMILES string of the molecule is CC(C)(C)OC(=O)N1CCC[C@@H](CNC(=O)C[C@H](NS(=O)(=O)c2ccc3ccccc3c2)C(=O)NCC(=O)OCCc2ccc(Cl)cc2)C1. The summed E-state index contributed by atoms with van der Waals surface area (Å²) in [6.07, 6.45) is 0.964. The molecule has 0 saturated carbocycles. The molecule has 1 fully saturated rings. The number of rotatable bonds is 13. The quantitative estimate of drug-likeness (QED) is 0.222. The number of piperidine rings is 1. The van der Waals surface area contributed by atoms with Gasteiger partial charge in [-0.3, -0.25) is 14.4 Å². The number of hydrogen-bond donors (Lipinski definition) is 3. The Morgan fingerprint density at radius 1 is 0.980 bits per heavy atom. The number of amides is 3. The molecule has 14 heteroatoms. The minimum atomic E-state index is -4.27. The van der Waals surface area contributed by atoms with Crippen molar-refractivity contribution >= 4 is 56.3 Å². The summed E-state index contributed by atoms with van der Waals surface area (Å²) < 4.78 is 39.9. The predicted molar refractivity (Wildman–Crippen MR) is 185 cm³/mol. The summed E-state index contributed by atoms with van der Waals surface area (Å²) in [5.74, 6) is -2.24. The number of nitrogens with one attached hydrogen (secondary N) is 3. The number of ether oxygens (including phenoxy) is 2. The topological polar surface area (TPSA) is 160 Å². The van der Waals surface area contributed by atoms with Crippen molar-refractivity contribution in [1.82, 2.24) is 20.3 Å². The maximum atomic E-state index is 13.4. The van der Waals surface area contributed by atoms with E-state index >= 15 is 0 Å². The van der Waals surface area contributed by atoms with Crippen molar-refractivity contribution < 1.29 is 37.1 Å². The van der Waals surface area contributed by atoms with Gasteiger partial charge in [-0.05, 0) is 80.1 Å². The van der Waals surface area contributed by atoms with Gasteiger partial charge in [0.05, 0.1) is 17.9 Å². The van der Waals surface area contributed by atoms with Crippen LogP contribution in [0.2, 0.25) is 5.02 Å². The van der Waals surface area contributed by atoms with Crippen LogP contribution in [0.15, 0.2) is 71.6 Å². The Kier molecular flexibility index (Phi) is 13.0. The van der Waals surface area contributed by atoms with Crippen LogP contribution in [0.3, 0.4) is 0 Å². The molecule has 1 aliphatic heterocycles. The highest BCUT2D eigenvalue weighted by Gasteiger charge is 2.31. The second-order valence-electron chi connectivity index (χ2n) is 12.9. The standard InChI is InChI=1S/C35H43ClN4O8S/c1-35(2,3)48-34(44)40-17-6-7-25(23-40)21-37-31(41)20-30(39-49(45,46)29-15-12-26-8-4-5-9-27(26)19-29)33(43)38-22-32(42)47-18-16-24-10-13-28(36)14-11-24/h4-5,8-15,19,25,30,39H,6-7,16-18,20-23H2,1-3H3,(H,37,41)(H,38,43)/t25-,30-/m0/s1. The highest BCUT2D eigenvalue weighted by atomic mass is 35.5. The fraction of sp³-hybridized carbons (Fsp3) is 0.429. The number of hydrogen-bond acceptors (Lipinski definition) is 8. The Morgan fingerprint density at radius 3 is 2.41 bits per heavy atom. The Hall–Kier alpha value is -4.20. The van der Waals surface area contributed by atoms with Crippen LogP contribution in [0.4, 0.5) is 4.79 Å². The molecule has 1 aliphatic rings. The van der Waals surface area contributed by atoms with Gasteiger partial charge < -0.3 is 25.0 Å². The molecule has 12 nitrogen and oxygen atoms in total. The summed E-state index contributed by atoms with van der Waals surface area (Å²) in [5.41, 5.74) is 0.267. The first-order chi connectivity index (χ1) is 23.2. The maximum absolute atomic E-state index is 13.4. The molecule has 0 aliphatic carbocycles. The lowest BCUT2D eigenvalue weighted by atomic mass is 9.98. The predicted octanol–water partition coefficient (Wildman–Crippen LogP) is 4.20. The van der Waals surface area contributed by atoms with Crippen molar-refractivity contribution in [3.63, 3.8) is 0 Å². The summed E-state index contributed by atoms with van der Waals surface area (Å²) in [5, 5.41) is 7.26. The number of fused-ring (bicyclic) bond motifs is 1. The normalized spacial score (nSPS) is 15.7. The van der Waals surface area contributed by atoms with Gasteiger partial charge in [-0.25, -0.2) is 13.2 Å². The van der Waals surface area contributed by atoms with E-state index in [9.17, 15) is 27.6 Å². The van der Waals surface area contributed by atoms with E-state index in [1.165, 1.54) is 12.1 Å². The molecule has 4 rings (SSSR count). The zero-order valence-corrected chi connectivity index (χ0v) is 29.4. The molecule has 264 valence electrons. The van der Waals surface area contributed by atoms with Gasteiger partial charge >= 0.3 is 12.1 Å². The first-order valence-electron chi connectivity index (χ1n) is 16.1. The van der Waals surface area contributed by atoms with E-state index in [0.717, 1.165) is 23.8 Å². The summed E-state index contributed by atoms with van der Waals surface area (Å²) in [6, 6.07) is 17.3. The number of carbonyl (C=O) groups is 4. The lowest BCUT2D eigenvalue weighted by Gasteiger charge is -2.34. The van der Waals surface area contributed by atoms with Crippen LogP contribution in [0, 0.1) is 5.92 Å². The van der Waals surface area contributed by atoms with E-state index < -0.39 is 58.5 Å². The molecule has 49 heavy (non-hydrogen) atoms. The number of carbonyl (C=O) groups excluding carboxylic acids is 4. The van der Waals surface area contributed by atoms with Crippen LogP contribution in [0.1, 0.15) is 45.6 Å². The van der Waals surface area contributed by atoms with Crippen LogP contribution in [-0.2, 0) is 40.3 Å². The number of nitrogens with zero attached hydrogens (tertiary/aromatic N) is 1. The molecule has 0 bridgehead atoms. The molecule has 0 unspecified atom stereocenters. The van der Waals surface area contributed by atoms with E-state index in [0.29, 0.717) is 29.9 Å². The first kappa shape index (κ1) is 37.6. The molecule has 0 aromatic heterocycles. The Morgan fingerprint density at radius 2 is 1.69 bits per heavy atom. The summed E-state index contributed by atoms with van der Waals surface area (Å²) in [7, 11) is -4.27. The Bertz CT molecular complexity index is 1740. The van der Waals surface area contributed by atoms with Crippen LogP contribution >= 0.6 is 11.6 Å². The molecular formula is C35H43ClN4O8S. The summed E-state index contributed by atoms with van der Waals surface area (Å²) >= 11 is 5.90. The second-order valence-corrected chi connectivity index (χ2v) is 15.1. The molecule has 3 aromatic rings. The van der Waals surface area contributed by atoms with Crippen molar-refractivity contribution in [2.45, 2.75) is 63.0 Å². The number of benzene rings is 3. The molecule has 3 aromatic carbocycles. The van der Waals surface area contributed by atoms with E-state index in [1.54, 1.807) is 68.1 Å². The third-order valence-corrected chi connectivity index (χ3v) is 9.49. The van der Waals surface area contributed by atoms with E-state index in [2.05, 4.69) is 15.4 Å². The van der Waals surface area contributed by atoms with Crippen LogP contribution < -0.4 is 15.4 Å². The smallest absolute Gasteiger partial charge is 0.410 e. The molecule has 1 saturated heterocycles. The number of halogens is 1. The molecule has 2 atom stereocenters. The van der Waals surface area contributed by atoms with Crippen LogP contribution in [-0.4, -0.2) is 81.6 Å². The van der Waals surface area contributed by atoms with Crippen molar-refractivity contribution in [3.05, 3.63) is 77.3 Å². The van der Waals surface area contributed by atoms with Gasteiger partial charge in [0.1, 0.15) is 18.2 Å². The zero-order chi connectivity index (χ0) is 35.6. The molecule has 0 radical (unpaired) electrons. The van der Waals surface area contributed by atoms with Crippen molar-refractivity contribution in [3.8, 4) is 0 Å². The fourth-order valence-corrected chi connectivity index (χ4v) is 6.64. The number of sulfonamides is 1. The Labute approximate surface area is 291 Å². The van der Waals surface area contributed by atoms with Gasteiger partial charge in [-0.2, -0.15) is 4.72 Å². The summed E-state index contributed by atoms with van der Waals surface area (Å²) in [4.78, 5) is 52.8. The maximum Gasteiger partial charge on any atom is 0.410 e. The van der Waals surface area contributed by atoms with Crippen molar-refractivity contribution in [2.24, 2.45) is 5.92 Å². The average molecular weight is 715 g/mol. The summed E-state index contributed by atoms with van der Waals surface area (Å²) in [6.45, 7) is 6.04. The van der Waals surface area contributed by atoms with Crippen molar-refractivity contribution in [1.29, 1.82) is 0 Å². The minimum absolute atomic E-state index is 0.0588. The molecule has 3 N–H and O–H groups in total. The highest BCUT2D eigenvalue weighted by Crippen LogP contribution is 2.21. The highest BCUT2D eigenvalue weighted by molar-refractivity contribution is 7.89. The molecule has 0 spiro atoms. The van der Waals surface area contributed by atoms with Gasteiger partial charge in [0.15, 0.2) is 0 Å². The molecule has 1 heterocycles. The number of esters is 1. The van der Waals surface area contributed by atoms with Crippen LogP contribution in [0.5, 0.6) is 0 Å². The second kappa shape index (κ2) is 17.0. The number of likely N-dealkylation sites (tertiary alicyclic amines) is 1. The lowest BCUT2D eigenvalue weighted by Crippen LogP contribution is -2.50.